The van der Waals surface area contributed by atoms with Gasteiger partial charge in [-0.3, -0.25) is 9.59 Å². The van der Waals surface area contributed by atoms with Crippen molar-refractivity contribution in [2.24, 2.45) is 0 Å². The lowest BCUT2D eigenvalue weighted by Gasteiger charge is -2.23. The van der Waals surface area contributed by atoms with Crippen molar-refractivity contribution in [3.05, 3.63) is 36.5 Å². The minimum absolute atomic E-state index is 0.0302. The van der Waals surface area contributed by atoms with Gasteiger partial charge in [-0.05, 0) is 63.9 Å². The predicted molar refractivity (Wildman–Crippen MR) is 246 cm³/mol. The Bertz CT molecular complexity index is 946. The summed E-state index contributed by atoms with van der Waals surface area (Å²) >= 11 is 0. The highest BCUT2D eigenvalue weighted by molar-refractivity contribution is 5.78. The van der Waals surface area contributed by atoms with Crippen LogP contribution in [-0.2, 0) is 14.3 Å². The molecule has 3 N–H and O–H groups in total. The molecule has 0 saturated carbocycles. The summed E-state index contributed by atoms with van der Waals surface area (Å²) in [4.78, 5) is 26.0. The fraction of sp³-hybridized carbons (Fsp3) is 0.843. The van der Waals surface area contributed by atoms with Gasteiger partial charge in [0.25, 0.3) is 0 Å². The molecule has 0 aliphatic carbocycles. The summed E-state index contributed by atoms with van der Waals surface area (Å²) in [6, 6.07) is -0.730. The summed E-state index contributed by atoms with van der Waals surface area (Å²) in [5.41, 5.74) is 0. The molecule has 0 aliphatic rings. The number of aliphatic hydroxyl groups excluding tert-OH is 2. The number of unbranched alkanes of at least 4 members (excludes halogenated alkanes) is 28. The maximum atomic E-state index is 13.1. The van der Waals surface area contributed by atoms with Crippen molar-refractivity contribution >= 4 is 11.9 Å². The minimum atomic E-state index is -0.808. The molecule has 0 radical (unpaired) electrons. The zero-order valence-electron chi connectivity index (χ0n) is 38.0. The van der Waals surface area contributed by atoms with Crippen LogP contribution in [0, 0.1) is 0 Å². The highest BCUT2D eigenvalue weighted by Gasteiger charge is 2.23. The molecular formula is C51H95NO5. The molecule has 0 fully saturated rings. The average Bonchev–Trinajstić information content (AvgIpc) is 3.20. The molecule has 0 spiro atoms. The molecule has 0 aliphatic heterocycles. The molecule has 57 heavy (non-hydrogen) atoms. The van der Waals surface area contributed by atoms with Crippen molar-refractivity contribution in [1.29, 1.82) is 0 Å². The third kappa shape index (κ3) is 40.6. The van der Waals surface area contributed by atoms with Crippen LogP contribution in [0.25, 0.3) is 0 Å². The summed E-state index contributed by atoms with van der Waals surface area (Å²) in [7, 11) is 0. The van der Waals surface area contributed by atoms with Crippen LogP contribution in [-0.4, -0.2) is 46.9 Å². The van der Waals surface area contributed by atoms with Crippen LogP contribution in [0.1, 0.15) is 252 Å². The zero-order valence-corrected chi connectivity index (χ0v) is 38.0. The van der Waals surface area contributed by atoms with Gasteiger partial charge in [0.1, 0.15) is 6.10 Å². The van der Waals surface area contributed by atoms with Crippen LogP contribution in [0.4, 0.5) is 0 Å². The van der Waals surface area contributed by atoms with Crippen molar-refractivity contribution in [3.63, 3.8) is 0 Å². The number of rotatable bonds is 44. The molecule has 0 saturated heterocycles. The Kier molecular flexibility index (Phi) is 43.6. The first kappa shape index (κ1) is 55.1. The lowest BCUT2D eigenvalue weighted by Crippen LogP contribution is -2.46. The van der Waals surface area contributed by atoms with Crippen molar-refractivity contribution < 1.29 is 24.5 Å². The highest BCUT2D eigenvalue weighted by Crippen LogP contribution is 2.15. The van der Waals surface area contributed by atoms with Gasteiger partial charge >= 0.3 is 5.97 Å². The first-order valence-electron chi connectivity index (χ1n) is 24.7. The second kappa shape index (κ2) is 45.2. The number of amides is 1. The van der Waals surface area contributed by atoms with E-state index in [9.17, 15) is 19.8 Å². The molecule has 0 aromatic rings. The number of ether oxygens (including phenoxy) is 1. The van der Waals surface area contributed by atoms with Crippen molar-refractivity contribution in [1.82, 2.24) is 5.32 Å². The number of nitrogens with one attached hydrogen (secondary N) is 1. The second-order valence-corrected chi connectivity index (χ2v) is 16.9. The third-order valence-corrected chi connectivity index (χ3v) is 11.2. The molecule has 1 amide bonds. The van der Waals surface area contributed by atoms with Gasteiger partial charge in [0, 0.05) is 6.42 Å². The normalized spacial score (nSPS) is 13.6. The highest BCUT2D eigenvalue weighted by atomic mass is 16.5. The maximum Gasteiger partial charge on any atom is 0.306 e. The fourth-order valence-corrected chi connectivity index (χ4v) is 7.39. The molecule has 6 nitrogen and oxygen atoms in total. The molecule has 0 rings (SSSR count). The van der Waals surface area contributed by atoms with E-state index in [1.54, 1.807) is 0 Å². The number of carbonyl (C=O) groups excluding carboxylic acids is 2. The number of hydrogen-bond donors (Lipinski definition) is 3. The van der Waals surface area contributed by atoms with E-state index in [0.29, 0.717) is 12.8 Å². The van der Waals surface area contributed by atoms with E-state index in [1.165, 1.54) is 154 Å². The van der Waals surface area contributed by atoms with E-state index in [4.69, 9.17) is 4.74 Å². The first-order chi connectivity index (χ1) is 28.0. The Labute approximate surface area is 353 Å². The van der Waals surface area contributed by atoms with Crippen LogP contribution in [0.3, 0.4) is 0 Å². The number of allylic oxidation sites excluding steroid dienone is 5. The van der Waals surface area contributed by atoms with Gasteiger partial charge in [-0.1, -0.05) is 212 Å². The number of aliphatic hydroxyl groups is 2. The predicted octanol–water partition coefficient (Wildman–Crippen LogP) is 14.5. The van der Waals surface area contributed by atoms with Gasteiger partial charge in [-0.2, -0.15) is 0 Å². The number of esters is 1. The number of carbonyl (C=O) groups is 2. The van der Waals surface area contributed by atoms with Crippen LogP contribution >= 0.6 is 0 Å². The first-order valence-corrected chi connectivity index (χ1v) is 24.7. The number of hydrogen-bond acceptors (Lipinski definition) is 5. The third-order valence-electron chi connectivity index (χ3n) is 11.2. The molecule has 0 aromatic carbocycles. The van der Waals surface area contributed by atoms with Gasteiger partial charge in [0.05, 0.1) is 25.2 Å². The van der Waals surface area contributed by atoms with Crippen molar-refractivity contribution in [3.8, 4) is 0 Å². The summed E-state index contributed by atoms with van der Waals surface area (Å²) in [5, 5.41) is 23.5. The molecule has 0 heterocycles. The molecule has 0 bridgehead atoms. The van der Waals surface area contributed by atoms with Crippen LogP contribution in [0.5, 0.6) is 0 Å². The summed E-state index contributed by atoms with van der Waals surface area (Å²) < 4.78 is 5.81. The Morgan fingerprint density at radius 1 is 0.526 bits per heavy atom. The topological polar surface area (TPSA) is 95.9 Å². The van der Waals surface area contributed by atoms with Crippen LogP contribution in [0.2, 0.25) is 0 Å². The maximum absolute atomic E-state index is 13.1. The van der Waals surface area contributed by atoms with E-state index < -0.39 is 18.2 Å². The van der Waals surface area contributed by atoms with E-state index >= 15 is 0 Å². The van der Waals surface area contributed by atoms with E-state index in [1.807, 2.05) is 12.2 Å². The van der Waals surface area contributed by atoms with Gasteiger partial charge in [0.2, 0.25) is 5.91 Å². The van der Waals surface area contributed by atoms with Gasteiger partial charge < -0.3 is 20.3 Å². The van der Waals surface area contributed by atoms with Crippen LogP contribution in [0.15, 0.2) is 36.5 Å². The lowest BCUT2D eigenvalue weighted by molar-refractivity contribution is -0.148. The molecule has 0 aromatic heterocycles. The SMILES string of the molecule is CCCCCCCC/C=C\C/C=C/C(CC(=O)NC(CO)C(O)CCCCCCCCCCC)OC(=O)CCCCCCC/C=C/CCCCCCCCCCC. The summed E-state index contributed by atoms with van der Waals surface area (Å²) in [6.45, 7) is 6.42. The molecule has 3 unspecified atom stereocenters. The summed E-state index contributed by atoms with van der Waals surface area (Å²) in [5.74, 6) is -0.608. The van der Waals surface area contributed by atoms with Crippen LogP contribution < -0.4 is 5.32 Å². The fourth-order valence-electron chi connectivity index (χ4n) is 7.39. The van der Waals surface area contributed by atoms with Crippen molar-refractivity contribution in [2.45, 2.75) is 270 Å². The van der Waals surface area contributed by atoms with Gasteiger partial charge in [-0.15, -0.1) is 0 Å². The average molecular weight is 802 g/mol. The van der Waals surface area contributed by atoms with E-state index in [0.717, 1.165) is 57.8 Å². The minimum Gasteiger partial charge on any atom is -0.458 e. The molecular weight excluding hydrogens is 707 g/mol. The van der Waals surface area contributed by atoms with E-state index in [-0.39, 0.29) is 24.9 Å². The van der Waals surface area contributed by atoms with E-state index in [2.05, 4.69) is 50.4 Å². The largest absolute Gasteiger partial charge is 0.458 e. The summed E-state index contributed by atoms with van der Waals surface area (Å²) in [6.07, 6.45) is 52.4. The molecule has 3 atom stereocenters. The van der Waals surface area contributed by atoms with Gasteiger partial charge in [0.15, 0.2) is 0 Å². The Hall–Kier alpha value is -1.92. The van der Waals surface area contributed by atoms with Gasteiger partial charge in [-0.25, -0.2) is 0 Å². The Morgan fingerprint density at radius 2 is 0.930 bits per heavy atom. The van der Waals surface area contributed by atoms with Crippen molar-refractivity contribution in [2.75, 3.05) is 6.61 Å². The molecule has 6 heteroatoms. The lowest BCUT2D eigenvalue weighted by atomic mass is 10.0. The smallest absolute Gasteiger partial charge is 0.306 e. The quantitative estimate of drug-likeness (QED) is 0.0324. The Morgan fingerprint density at radius 3 is 1.39 bits per heavy atom. The molecule has 334 valence electrons. The second-order valence-electron chi connectivity index (χ2n) is 16.9. The standard InChI is InChI=1S/C51H95NO5/c1-4-7-10-13-16-19-21-22-23-24-25-26-27-29-32-35-38-41-44-51(56)57-47(42-39-36-33-31-28-20-17-14-11-8-5-2)45-50(55)52-48(46-53)49(54)43-40-37-34-30-18-15-12-9-6-3/h25-26,31,33,39,42,47-49,53-54H,4-24,27-30,32,34-38,40-41,43-46H2,1-3H3,(H,52,55)/b26-25+,33-31-,42-39+. The Balaban J connectivity index is 4.58. The monoisotopic (exact) mass is 802 g/mol. The zero-order chi connectivity index (χ0) is 41.7.